The topological polar surface area (TPSA) is 80.0 Å². The van der Waals surface area contributed by atoms with Crippen molar-refractivity contribution < 1.29 is 23.8 Å². The number of amides is 1. The summed E-state index contributed by atoms with van der Waals surface area (Å²) in [6.45, 7) is 3.34. The minimum Gasteiger partial charge on any atom is -0.481 e. The van der Waals surface area contributed by atoms with Crippen molar-refractivity contribution >= 4 is 22.8 Å². The number of nitrogens with zero attached hydrogens (tertiary/aromatic N) is 1. The van der Waals surface area contributed by atoms with Gasteiger partial charge in [0.05, 0.1) is 12.0 Å². The molecule has 24 heavy (non-hydrogen) atoms. The maximum Gasteiger partial charge on any atom is 0.311 e. The maximum atomic E-state index is 12.8. The minimum atomic E-state index is -0.893. The monoisotopic (exact) mass is 329 g/mol. The summed E-state index contributed by atoms with van der Waals surface area (Å²) in [7, 11) is 0. The van der Waals surface area contributed by atoms with E-state index in [1.54, 1.807) is 11.0 Å². The molecule has 0 saturated carbocycles. The molecule has 0 bridgehead atoms. The van der Waals surface area contributed by atoms with Crippen molar-refractivity contribution in [2.24, 2.45) is 11.3 Å². The fourth-order valence-electron chi connectivity index (χ4n) is 3.92. The highest BCUT2D eigenvalue weighted by Gasteiger charge is 2.55. The van der Waals surface area contributed by atoms with Crippen molar-refractivity contribution in [2.75, 3.05) is 26.3 Å². The van der Waals surface area contributed by atoms with E-state index in [1.807, 2.05) is 25.1 Å². The normalized spacial score (nSPS) is 26.5. The molecule has 2 atom stereocenters. The van der Waals surface area contributed by atoms with Crippen molar-refractivity contribution in [3.05, 3.63) is 35.6 Å². The lowest BCUT2D eigenvalue weighted by atomic mass is 9.74. The second kappa shape index (κ2) is 5.34. The maximum absolute atomic E-state index is 12.8. The fraction of sp³-hybridized carbons (Fsp3) is 0.444. The first kappa shape index (κ1) is 15.2. The van der Waals surface area contributed by atoms with Gasteiger partial charge in [-0.05, 0) is 25.0 Å². The van der Waals surface area contributed by atoms with E-state index in [0.29, 0.717) is 31.8 Å². The van der Waals surface area contributed by atoms with Crippen LogP contribution >= 0.6 is 0 Å². The van der Waals surface area contributed by atoms with E-state index in [4.69, 9.17) is 9.15 Å². The number of furan rings is 1. The molecule has 1 N–H and O–H groups in total. The summed E-state index contributed by atoms with van der Waals surface area (Å²) in [5.41, 5.74) is 0.779. The summed E-state index contributed by atoms with van der Waals surface area (Å²) < 4.78 is 11.2. The number of carbonyl (C=O) groups is 2. The third kappa shape index (κ3) is 2.13. The van der Waals surface area contributed by atoms with Crippen molar-refractivity contribution in [2.45, 2.75) is 13.3 Å². The Balaban J connectivity index is 1.65. The number of para-hydroxylation sites is 1. The zero-order valence-corrected chi connectivity index (χ0v) is 13.4. The van der Waals surface area contributed by atoms with Crippen molar-refractivity contribution in [1.29, 1.82) is 0 Å². The lowest BCUT2D eigenvalue weighted by Gasteiger charge is -2.33. The van der Waals surface area contributed by atoms with Gasteiger partial charge in [0, 0.05) is 31.0 Å². The molecule has 1 aromatic carbocycles. The van der Waals surface area contributed by atoms with Gasteiger partial charge >= 0.3 is 5.97 Å². The van der Waals surface area contributed by atoms with Gasteiger partial charge < -0.3 is 19.2 Å². The molecule has 1 aromatic heterocycles. The molecule has 3 heterocycles. The average molecular weight is 329 g/mol. The number of ether oxygens (including phenoxy) is 1. The molecule has 1 amide bonds. The van der Waals surface area contributed by atoms with Crippen molar-refractivity contribution in [3.8, 4) is 0 Å². The molecule has 2 aliphatic heterocycles. The molecule has 2 aromatic rings. The molecule has 6 nitrogen and oxygen atoms in total. The van der Waals surface area contributed by atoms with Crippen LogP contribution < -0.4 is 0 Å². The van der Waals surface area contributed by atoms with Crippen molar-refractivity contribution in [3.63, 3.8) is 0 Å². The predicted molar refractivity (Wildman–Crippen MR) is 85.8 cm³/mol. The van der Waals surface area contributed by atoms with E-state index < -0.39 is 11.4 Å². The number of hydrogen-bond acceptors (Lipinski definition) is 4. The van der Waals surface area contributed by atoms with Gasteiger partial charge in [0.1, 0.15) is 5.58 Å². The lowest BCUT2D eigenvalue weighted by Crippen LogP contribution is -2.45. The van der Waals surface area contributed by atoms with Gasteiger partial charge in [0.15, 0.2) is 5.76 Å². The number of aliphatic carboxylic acids is 1. The molecular formula is C18H19NO5. The van der Waals surface area contributed by atoms with Gasteiger partial charge in [-0.15, -0.1) is 0 Å². The Labute approximate surface area is 139 Å². The molecule has 0 unspecified atom stereocenters. The standard InChI is InChI=1S/C18H19NO5/c1-11-3-2-4-12-7-14(24-15(11)12)16(20)19-8-13-9-23-6-5-18(13,10-19)17(21)22/h2-4,7,13H,5-6,8-10H2,1H3,(H,21,22)/t13-,18+/m0/s1. The number of hydrogen-bond donors (Lipinski definition) is 1. The third-order valence-corrected chi connectivity index (χ3v) is 5.37. The number of fused-ring (bicyclic) bond motifs is 2. The Morgan fingerprint density at radius 1 is 1.38 bits per heavy atom. The highest BCUT2D eigenvalue weighted by Crippen LogP contribution is 2.43. The molecule has 0 spiro atoms. The van der Waals surface area contributed by atoms with Gasteiger partial charge in [-0.1, -0.05) is 18.2 Å². The highest BCUT2D eigenvalue weighted by atomic mass is 16.5. The Kier molecular flexibility index (Phi) is 3.38. The Hall–Kier alpha value is -2.34. The fourth-order valence-corrected chi connectivity index (χ4v) is 3.92. The number of benzene rings is 1. The van der Waals surface area contributed by atoms with E-state index in [2.05, 4.69) is 0 Å². The molecular weight excluding hydrogens is 310 g/mol. The van der Waals surface area contributed by atoms with E-state index in [0.717, 1.165) is 10.9 Å². The Morgan fingerprint density at radius 3 is 2.92 bits per heavy atom. The molecule has 0 aliphatic carbocycles. The molecule has 126 valence electrons. The largest absolute Gasteiger partial charge is 0.481 e. The first-order chi connectivity index (χ1) is 11.5. The summed E-state index contributed by atoms with van der Waals surface area (Å²) >= 11 is 0. The summed E-state index contributed by atoms with van der Waals surface area (Å²) in [4.78, 5) is 26.3. The third-order valence-electron chi connectivity index (χ3n) is 5.37. The van der Waals surface area contributed by atoms with Crippen LogP contribution in [0.1, 0.15) is 22.5 Å². The van der Waals surface area contributed by atoms with Crippen molar-refractivity contribution in [1.82, 2.24) is 4.90 Å². The van der Waals surface area contributed by atoms with Gasteiger partial charge in [-0.3, -0.25) is 9.59 Å². The minimum absolute atomic E-state index is 0.168. The number of rotatable bonds is 2. The quantitative estimate of drug-likeness (QED) is 0.914. The first-order valence-corrected chi connectivity index (χ1v) is 8.11. The zero-order chi connectivity index (χ0) is 16.9. The number of carboxylic acid groups (broad SMARTS) is 1. The van der Waals surface area contributed by atoms with Crippen LogP contribution in [0, 0.1) is 18.3 Å². The first-order valence-electron chi connectivity index (χ1n) is 8.11. The van der Waals surface area contributed by atoms with E-state index in [1.165, 1.54) is 0 Å². The van der Waals surface area contributed by atoms with Crippen LogP contribution in [0.5, 0.6) is 0 Å². The van der Waals surface area contributed by atoms with Gasteiger partial charge in [0.2, 0.25) is 0 Å². The van der Waals surface area contributed by atoms with E-state index in [9.17, 15) is 14.7 Å². The summed E-state index contributed by atoms with van der Waals surface area (Å²) in [5, 5.41) is 10.6. The number of aryl methyl sites for hydroxylation is 1. The number of carbonyl (C=O) groups excluding carboxylic acids is 1. The van der Waals surface area contributed by atoms with Crippen LogP contribution in [0.25, 0.3) is 11.0 Å². The van der Waals surface area contributed by atoms with Crippen LogP contribution in [0.4, 0.5) is 0 Å². The van der Waals surface area contributed by atoms with Gasteiger partial charge in [0.25, 0.3) is 5.91 Å². The Bertz CT molecular complexity index is 826. The lowest BCUT2D eigenvalue weighted by molar-refractivity contribution is -0.157. The van der Waals surface area contributed by atoms with Crippen LogP contribution in [0.15, 0.2) is 28.7 Å². The summed E-state index contributed by atoms with van der Waals surface area (Å²) in [6.07, 6.45) is 0.440. The smallest absolute Gasteiger partial charge is 0.311 e. The number of carboxylic acids is 1. The molecule has 2 fully saturated rings. The second-order valence-corrected chi connectivity index (χ2v) is 6.77. The summed E-state index contributed by atoms with van der Waals surface area (Å²) in [5.74, 6) is -0.995. The molecule has 4 rings (SSSR count). The average Bonchev–Trinajstić information content (AvgIpc) is 3.17. The zero-order valence-electron chi connectivity index (χ0n) is 13.4. The molecule has 0 radical (unpaired) electrons. The van der Waals surface area contributed by atoms with Crippen LogP contribution in [-0.2, 0) is 9.53 Å². The molecule has 6 heteroatoms. The second-order valence-electron chi connectivity index (χ2n) is 6.77. The number of likely N-dealkylation sites (tertiary alicyclic amines) is 1. The molecule has 2 aliphatic rings. The van der Waals surface area contributed by atoms with Crippen LogP contribution in [0.2, 0.25) is 0 Å². The Morgan fingerprint density at radius 2 is 2.21 bits per heavy atom. The SMILES string of the molecule is Cc1cccc2cc(C(=O)N3C[C@H]4COCC[C@@]4(C(=O)O)C3)oc12. The predicted octanol–water partition coefficient (Wildman–Crippen LogP) is 2.30. The summed E-state index contributed by atoms with van der Waals surface area (Å²) in [6, 6.07) is 7.49. The molecule has 2 saturated heterocycles. The van der Waals surface area contributed by atoms with Crippen LogP contribution in [-0.4, -0.2) is 48.2 Å². The van der Waals surface area contributed by atoms with Gasteiger partial charge in [-0.2, -0.15) is 0 Å². The van der Waals surface area contributed by atoms with Gasteiger partial charge in [-0.25, -0.2) is 0 Å². The highest BCUT2D eigenvalue weighted by molar-refractivity contribution is 5.97. The van der Waals surface area contributed by atoms with Crippen LogP contribution in [0.3, 0.4) is 0 Å². The van der Waals surface area contributed by atoms with E-state index in [-0.39, 0.29) is 24.1 Å². The van der Waals surface area contributed by atoms with E-state index >= 15 is 0 Å².